The zero-order chi connectivity index (χ0) is 14.0. The molecule has 0 bridgehead atoms. The van der Waals surface area contributed by atoms with E-state index in [1.165, 1.54) is 12.1 Å². The van der Waals surface area contributed by atoms with Gasteiger partial charge in [0.05, 0.1) is 0 Å². The number of carbonyl (C=O) groups is 1. The van der Waals surface area contributed by atoms with Gasteiger partial charge in [0.1, 0.15) is 5.82 Å². The van der Waals surface area contributed by atoms with Crippen molar-refractivity contribution in [3.8, 4) is 0 Å². The lowest BCUT2D eigenvalue weighted by Gasteiger charge is -2.06. The second-order valence-electron chi connectivity index (χ2n) is 4.11. The van der Waals surface area contributed by atoms with Crippen LogP contribution in [0.25, 0.3) is 0 Å². The molecule has 0 aliphatic rings. The number of nitrogen functional groups attached to an aromatic ring is 1. The van der Waals surface area contributed by atoms with E-state index in [0.29, 0.717) is 26.3 Å². The molecule has 2 nitrogen and oxygen atoms in total. The van der Waals surface area contributed by atoms with Gasteiger partial charge in [0.15, 0.2) is 5.78 Å². The second-order valence-corrected chi connectivity index (χ2v) is 5.40. The molecule has 2 aromatic rings. The molecule has 0 fully saturated rings. The van der Waals surface area contributed by atoms with E-state index in [0.717, 1.165) is 0 Å². The number of benzene rings is 2. The molecule has 0 amide bonds. The fourth-order valence-electron chi connectivity index (χ4n) is 1.71. The Kier molecular flexibility index (Phi) is 4.22. The van der Waals surface area contributed by atoms with E-state index in [-0.39, 0.29) is 18.0 Å². The third-order valence-electron chi connectivity index (χ3n) is 2.61. The molecule has 5 heteroatoms. The van der Waals surface area contributed by atoms with E-state index in [1.807, 2.05) is 0 Å². The molecule has 0 spiro atoms. The maximum atomic E-state index is 13.0. The summed E-state index contributed by atoms with van der Waals surface area (Å²) in [7, 11) is 0. The summed E-state index contributed by atoms with van der Waals surface area (Å²) in [6, 6.07) is 8.94. The summed E-state index contributed by atoms with van der Waals surface area (Å²) >= 11 is 9.09. The van der Waals surface area contributed by atoms with Crippen LogP contribution >= 0.6 is 27.5 Å². The number of Topliss-reactive ketones (excluding diaryl/α,β-unsaturated/α-hetero) is 1. The van der Waals surface area contributed by atoms with Crippen molar-refractivity contribution in [2.75, 3.05) is 5.73 Å². The molecule has 0 atom stereocenters. The minimum Gasteiger partial charge on any atom is -0.399 e. The molecule has 0 heterocycles. The molecule has 0 aromatic heterocycles. The molecule has 0 radical (unpaired) electrons. The normalized spacial score (nSPS) is 10.5. The number of anilines is 1. The zero-order valence-corrected chi connectivity index (χ0v) is 12.1. The van der Waals surface area contributed by atoms with Crippen molar-refractivity contribution >= 4 is 39.0 Å². The van der Waals surface area contributed by atoms with E-state index in [2.05, 4.69) is 15.9 Å². The van der Waals surface area contributed by atoms with Crippen LogP contribution in [0.4, 0.5) is 10.1 Å². The topological polar surface area (TPSA) is 43.1 Å². The van der Waals surface area contributed by atoms with Crippen molar-refractivity contribution in [1.82, 2.24) is 0 Å². The number of rotatable bonds is 3. The van der Waals surface area contributed by atoms with Gasteiger partial charge < -0.3 is 5.73 Å². The summed E-state index contributed by atoms with van der Waals surface area (Å²) in [4.78, 5) is 12.1. The number of nitrogens with two attached hydrogens (primary N) is 1. The molecule has 0 saturated carbocycles. The van der Waals surface area contributed by atoms with E-state index in [9.17, 15) is 9.18 Å². The lowest BCUT2D eigenvalue weighted by molar-refractivity contribution is 0.0993. The Morgan fingerprint density at radius 2 is 2.00 bits per heavy atom. The van der Waals surface area contributed by atoms with Crippen molar-refractivity contribution in [3.05, 3.63) is 62.8 Å². The minimum absolute atomic E-state index is 0.124. The van der Waals surface area contributed by atoms with Crippen molar-refractivity contribution in [2.45, 2.75) is 6.42 Å². The van der Waals surface area contributed by atoms with Gasteiger partial charge in [-0.3, -0.25) is 4.79 Å². The molecule has 0 aliphatic carbocycles. The summed E-state index contributed by atoms with van der Waals surface area (Å²) in [5.74, 6) is -0.475. The quantitative estimate of drug-likeness (QED) is 0.669. The maximum absolute atomic E-state index is 13.0. The minimum atomic E-state index is -0.352. The SMILES string of the molecule is Nc1cc(Cl)cc(C(=O)Cc2ccc(F)cc2Br)c1. The molecule has 2 aromatic carbocycles. The third-order valence-corrected chi connectivity index (χ3v) is 3.56. The summed E-state index contributed by atoms with van der Waals surface area (Å²) in [6.07, 6.45) is 0.153. The summed E-state index contributed by atoms with van der Waals surface area (Å²) in [6.45, 7) is 0. The first-order chi connectivity index (χ1) is 8.95. The molecule has 2 N–H and O–H groups in total. The summed E-state index contributed by atoms with van der Waals surface area (Å²) < 4.78 is 13.5. The molecule has 0 unspecified atom stereocenters. The van der Waals surface area contributed by atoms with Crippen LogP contribution in [-0.4, -0.2) is 5.78 Å². The van der Waals surface area contributed by atoms with Gasteiger partial charge in [0.2, 0.25) is 0 Å². The van der Waals surface area contributed by atoms with E-state index >= 15 is 0 Å². The van der Waals surface area contributed by atoms with Crippen LogP contribution in [0.3, 0.4) is 0 Å². The number of halogens is 3. The van der Waals surface area contributed by atoms with Gasteiger partial charge in [-0.2, -0.15) is 0 Å². The van der Waals surface area contributed by atoms with Crippen molar-refractivity contribution in [2.24, 2.45) is 0 Å². The highest BCUT2D eigenvalue weighted by atomic mass is 79.9. The fraction of sp³-hybridized carbons (Fsp3) is 0.0714. The number of hydrogen-bond acceptors (Lipinski definition) is 2. The highest BCUT2D eigenvalue weighted by molar-refractivity contribution is 9.10. The van der Waals surface area contributed by atoms with Crippen molar-refractivity contribution in [1.29, 1.82) is 0 Å². The van der Waals surface area contributed by atoms with Crippen LogP contribution in [0.15, 0.2) is 40.9 Å². The predicted octanol–water partition coefficient (Wildman–Crippen LogP) is 4.25. The third kappa shape index (κ3) is 3.55. The number of carbonyl (C=O) groups excluding carboxylic acids is 1. The Balaban J connectivity index is 2.25. The van der Waals surface area contributed by atoms with Crippen LogP contribution in [-0.2, 0) is 6.42 Å². The molecule has 0 saturated heterocycles. The first-order valence-electron chi connectivity index (χ1n) is 5.49. The van der Waals surface area contributed by atoms with Gasteiger partial charge >= 0.3 is 0 Å². The summed E-state index contributed by atoms with van der Waals surface area (Å²) in [5.41, 5.74) is 7.24. The summed E-state index contributed by atoms with van der Waals surface area (Å²) in [5, 5.41) is 0.418. The molecule has 0 aliphatic heterocycles. The van der Waals surface area contributed by atoms with E-state index in [4.69, 9.17) is 17.3 Å². The van der Waals surface area contributed by atoms with Crippen LogP contribution in [0.1, 0.15) is 15.9 Å². The Morgan fingerprint density at radius 3 is 2.63 bits per heavy atom. The highest BCUT2D eigenvalue weighted by Crippen LogP contribution is 2.22. The average Bonchev–Trinajstić information content (AvgIpc) is 2.31. The molecule has 19 heavy (non-hydrogen) atoms. The smallest absolute Gasteiger partial charge is 0.167 e. The van der Waals surface area contributed by atoms with Gasteiger partial charge in [-0.05, 0) is 35.9 Å². The first-order valence-corrected chi connectivity index (χ1v) is 6.66. The molecule has 2 rings (SSSR count). The Bertz CT molecular complexity index is 625. The zero-order valence-electron chi connectivity index (χ0n) is 9.79. The lowest BCUT2D eigenvalue weighted by atomic mass is 10.0. The maximum Gasteiger partial charge on any atom is 0.167 e. The lowest BCUT2D eigenvalue weighted by Crippen LogP contribution is -2.05. The average molecular weight is 343 g/mol. The largest absolute Gasteiger partial charge is 0.399 e. The predicted molar refractivity (Wildman–Crippen MR) is 78.0 cm³/mol. The van der Waals surface area contributed by atoms with Gasteiger partial charge in [-0.15, -0.1) is 0 Å². The van der Waals surface area contributed by atoms with Crippen LogP contribution in [0, 0.1) is 5.82 Å². The van der Waals surface area contributed by atoms with Crippen LogP contribution in [0.5, 0.6) is 0 Å². The van der Waals surface area contributed by atoms with E-state index in [1.54, 1.807) is 24.3 Å². The van der Waals surface area contributed by atoms with Crippen LogP contribution < -0.4 is 5.73 Å². The van der Waals surface area contributed by atoms with Crippen molar-refractivity contribution in [3.63, 3.8) is 0 Å². The Hall–Kier alpha value is -1.39. The van der Waals surface area contributed by atoms with Gasteiger partial charge in [0.25, 0.3) is 0 Å². The standard InChI is InChI=1S/C14H10BrClFNO/c15-13-7-11(17)2-1-8(13)5-14(19)9-3-10(16)6-12(18)4-9/h1-4,6-7H,5,18H2. The molecular formula is C14H10BrClFNO. The number of ketones is 1. The highest BCUT2D eigenvalue weighted by Gasteiger charge is 2.11. The molecular weight excluding hydrogens is 333 g/mol. The Morgan fingerprint density at radius 1 is 1.26 bits per heavy atom. The van der Waals surface area contributed by atoms with Crippen LogP contribution in [0.2, 0.25) is 5.02 Å². The first kappa shape index (κ1) is 14.0. The second kappa shape index (κ2) is 5.72. The van der Waals surface area contributed by atoms with Crippen molar-refractivity contribution < 1.29 is 9.18 Å². The fourth-order valence-corrected chi connectivity index (χ4v) is 2.45. The van der Waals surface area contributed by atoms with Gasteiger partial charge in [-0.1, -0.05) is 33.6 Å². The number of hydrogen-bond donors (Lipinski definition) is 1. The van der Waals surface area contributed by atoms with Gasteiger partial charge in [0, 0.05) is 27.2 Å². The monoisotopic (exact) mass is 341 g/mol. The molecule has 98 valence electrons. The Labute approximate surface area is 123 Å². The van der Waals surface area contributed by atoms with E-state index < -0.39 is 0 Å². The van der Waals surface area contributed by atoms with Gasteiger partial charge in [-0.25, -0.2) is 4.39 Å².